The van der Waals surface area contributed by atoms with E-state index in [2.05, 4.69) is 36.2 Å². The number of allylic oxidation sites excluding steroid dienone is 2. The smallest absolute Gasteiger partial charge is 0.319 e. The van der Waals surface area contributed by atoms with Crippen LogP contribution < -0.4 is 15.0 Å². The minimum Gasteiger partial charge on any atom is -0.463 e. The fourth-order valence-corrected chi connectivity index (χ4v) is 4.81. The molecule has 3 heterocycles. The van der Waals surface area contributed by atoms with Gasteiger partial charge in [0, 0.05) is 49.3 Å². The SMILES string of the molecule is C[C@H](CO)NC(=O)c1cc(N2CCC(C3=CCc4ncncc43)CC2)nc(OCC2CC2(C)F)n1. The molecule has 0 aromatic carbocycles. The number of aliphatic hydroxyl groups is 1. The van der Waals surface area contributed by atoms with Gasteiger partial charge in [-0.05, 0) is 44.6 Å². The Morgan fingerprint density at radius 3 is 2.86 bits per heavy atom. The molecular weight excluding hydrogens is 451 g/mol. The number of piperidine rings is 1. The molecule has 35 heavy (non-hydrogen) atoms. The lowest BCUT2D eigenvalue weighted by atomic mass is 9.87. The topological polar surface area (TPSA) is 113 Å². The molecule has 9 nitrogen and oxygen atoms in total. The van der Waals surface area contributed by atoms with Crippen molar-refractivity contribution in [2.45, 2.75) is 51.2 Å². The number of anilines is 1. The molecule has 1 amide bonds. The highest BCUT2D eigenvalue weighted by Gasteiger charge is 2.51. The first-order chi connectivity index (χ1) is 16.8. The first-order valence-corrected chi connectivity index (χ1v) is 12.2. The zero-order chi connectivity index (χ0) is 24.6. The Kier molecular flexibility index (Phi) is 6.39. The maximum Gasteiger partial charge on any atom is 0.319 e. The molecule has 3 atom stereocenters. The maximum absolute atomic E-state index is 14.0. The molecule has 1 saturated carbocycles. The van der Waals surface area contributed by atoms with Crippen LogP contribution >= 0.6 is 0 Å². The summed E-state index contributed by atoms with van der Waals surface area (Å²) in [5.41, 5.74) is 2.51. The van der Waals surface area contributed by atoms with Gasteiger partial charge in [-0.25, -0.2) is 14.4 Å². The van der Waals surface area contributed by atoms with Gasteiger partial charge in [0.25, 0.3) is 5.91 Å². The van der Waals surface area contributed by atoms with Gasteiger partial charge in [0.05, 0.1) is 18.9 Å². The molecule has 2 aromatic heterocycles. The minimum atomic E-state index is -1.21. The number of fused-ring (bicyclic) bond motifs is 1. The molecule has 2 aromatic rings. The van der Waals surface area contributed by atoms with E-state index in [1.807, 2.05) is 6.20 Å². The fraction of sp³-hybridized carbons (Fsp3) is 0.560. The van der Waals surface area contributed by atoms with Crippen molar-refractivity contribution >= 4 is 17.3 Å². The van der Waals surface area contributed by atoms with Gasteiger partial charge in [-0.1, -0.05) is 6.08 Å². The van der Waals surface area contributed by atoms with Crippen LogP contribution in [0.3, 0.4) is 0 Å². The Balaban J connectivity index is 1.30. The molecule has 0 radical (unpaired) electrons. The van der Waals surface area contributed by atoms with Crippen LogP contribution in [0.2, 0.25) is 0 Å². The summed E-state index contributed by atoms with van der Waals surface area (Å²) in [7, 11) is 0. The second-order valence-electron chi connectivity index (χ2n) is 9.95. The maximum atomic E-state index is 14.0. The highest BCUT2D eigenvalue weighted by Crippen LogP contribution is 2.46. The van der Waals surface area contributed by atoms with Crippen molar-refractivity contribution in [2.24, 2.45) is 11.8 Å². The van der Waals surface area contributed by atoms with Crippen molar-refractivity contribution in [1.82, 2.24) is 25.3 Å². The van der Waals surface area contributed by atoms with Gasteiger partial charge in [-0.15, -0.1) is 0 Å². The van der Waals surface area contributed by atoms with Crippen LogP contribution in [0.5, 0.6) is 6.01 Å². The first kappa shape index (κ1) is 23.6. The largest absolute Gasteiger partial charge is 0.463 e. The quantitative estimate of drug-likeness (QED) is 0.590. The van der Waals surface area contributed by atoms with Crippen molar-refractivity contribution in [3.8, 4) is 6.01 Å². The van der Waals surface area contributed by atoms with Crippen molar-refractivity contribution in [1.29, 1.82) is 0 Å². The van der Waals surface area contributed by atoms with Crippen LogP contribution in [0.15, 0.2) is 24.7 Å². The predicted octanol–water partition coefficient (Wildman–Crippen LogP) is 2.36. The third kappa shape index (κ3) is 5.12. The summed E-state index contributed by atoms with van der Waals surface area (Å²) >= 11 is 0. The van der Waals surface area contributed by atoms with E-state index in [0.717, 1.165) is 43.6 Å². The van der Waals surface area contributed by atoms with Crippen LogP contribution in [-0.2, 0) is 6.42 Å². The normalized spacial score (nSPS) is 24.5. The average molecular weight is 483 g/mol. The van der Waals surface area contributed by atoms with Crippen LogP contribution in [0, 0.1) is 11.8 Å². The van der Waals surface area contributed by atoms with Crippen LogP contribution in [-0.4, -0.2) is 69.0 Å². The van der Waals surface area contributed by atoms with E-state index in [9.17, 15) is 14.3 Å². The first-order valence-electron chi connectivity index (χ1n) is 12.2. The van der Waals surface area contributed by atoms with E-state index >= 15 is 0 Å². The highest BCUT2D eigenvalue weighted by atomic mass is 19.1. The van der Waals surface area contributed by atoms with Gasteiger partial charge in [-0.3, -0.25) is 4.79 Å². The fourth-order valence-electron chi connectivity index (χ4n) is 4.81. The number of carbonyl (C=O) groups is 1. The van der Waals surface area contributed by atoms with Gasteiger partial charge in [0.1, 0.15) is 23.5 Å². The molecule has 186 valence electrons. The number of aliphatic hydroxyl groups excluding tert-OH is 1. The summed E-state index contributed by atoms with van der Waals surface area (Å²) in [6.07, 6.45) is 8.94. The molecule has 2 N–H and O–H groups in total. The second-order valence-corrected chi connectivity index (χ2v) is 9.95. The summed E-state index contributed by atoms with van der Waals surface area (Å²) in [6.45, 7) is 4.78. The summed E-state index contributed by atoms with van der Waals surface area (Å²) in [4.78, 5) is 32.3. The molecule has 1 saturated heterocycles. The van der Waals surface area contributed by atoms with Crippen LogP contribution in [0.1, 0.15) is 54.9 Å². The number of hydrogen-bond acceptors (Lipinski definition) is 8. The third-order valence-electron chi connectivity index (χ3n) is 7.21. The van der Waals surface area contributed by atoms with Crippen molar-refractivity contribution in [2.75, 3.05) is 31.2 Å². The van der Waals surface area contributed by atoms with Crippen molar-refractivity contribution in [3.05, 3.63) is 41.6 Å². The Morgan fingerprint density at radius 1 is 1.37 bits per heavy atom. The zero-order valence-electron chi connectivity index (χ0n) is 20.1. The number of nitrogens with zero attached hydrogens (tertiary/aromatic N) is 5. The van der Waals surface area contributed by atoms with E-state index in [4.69, 9.17) is 4.74 Å². The summed E-state index contributed by atoms with van der Waals surface area (Å²) in [6, 6.07) is 1.31. The molecule has 0 bridgehead atoms. The highest BCUT2D eigenvalue weighted by molar-refractivity contribution is 5.93. The lowest BCUT2D eigenvalue weighted by molar-refractivity contribution is 0.0915. The standard InChI is InChI=1S/C25H31FN6O3/c1-15(12-33)29-23(34)21-9-22(31-24(30-21)35-13-17-10-25(17,2)26)32-7-5-16(6-8-32)18-3-4-20-19(18)11-27-14-28-20/h3,9,11,14-17,33H,4-8,10,12-13H2,1-2H3,(H,29,34)/t15-,17?,25?/m1/s1. The second kappa shape index (κ2) is 9.49. The summed E-state index contributed by atoms with van der Waals surface area (Å²) in [5.74, 6) is 0.424. The molecule has 0 spiro atoms. The number of halogens is 1. The van der Waals surface area contributed by atoms with Gasteiger partial charge in [-0.2, -0.15) is 9.97 Å². The van der Waals surface area contributed by atoms with Crippen LogP contribution in [0.25, 0.3) is 5.57 Å². The van der Waals surface area contributed by atoms with Gasteiger partial charge >= 0.3 is 6.01 Å². The Hall–Kier alpha value is -3.14. The predicted molar refractivity (Wildman–Crippen MR) is 128 cm³/mol. The monoisotopic (exact) mass is 482 g/mol. The number of aromatic nitrogens is 4. The number of amides is 1. The molecule has 10 heteroatoms. The number of hydrogen-bond donors (Lipinski definition) is 2. The third-order valence-corrected chi connectivity index (χ3v) is 7.21. The average Bonchev–Trinajstić information content (AvgIpc) is 3.27. The number of alkyl halides is 1. The van der Waals surface area contributed by atoms with Gasteiger partial charge < -0.3 is 20.1 Å². The summed E-state index contributed by atoms with van der Waals surface area (Å²) < 4.78 is 19.7. The van der Waals surface area contributed by atoms with E-state index < -0.39 is 17.6 Å². The lowest BCUT2D eigenvalue weighted by Crippen LogP contribution is -2.37. The number of ether oxygens (including phenoxy) is 1. The molecule has 2 aliphatic carbocycles. The molecular formula is C25H31FN6O3. The Labute approximate surface area is 203 Å². The van der Waals surface area contributed by atoms with E-state index in [1.54, 1.807) is 26.2 Å². The molecule has 2 unspecified atom stereocenters. The summed E-state index contributed by atoms with van der Waals surface area (Å²) in [5, 5.41) is 12.0. The molecule has 5 rings (SSSR count). The minimum absolute atomic E-state index is 0.0682. The lowest BCUT2D eigenvalue weighted by Gasteiger charge is -2.33. The molecule has 1 aliphatic heterocycles. The van der Waals surface area contributed by atoms with Gasteiger partial charge in [0.15, 0.2) is 0 Å². The number of nitrogens with one attached hydrogen (secondary N) is 1. The van der Waals surface area contributed by atoms with E-state index in [0.29, 0.717) is 18.2 Å². The van der Waals surface area contributed by atoms with Crippen molar-refractivity contribution in [3.63, 3.8) is 0 Å². The Morgan fingerprint density at radius 2 is 2.14 bits per heavy atom. The van der Waals surface area contributed by atoms with Gasteiger partial charge in [0.2, 0.25) is 0 Å². The van der Waals surface area contributed by atoms with E-state index in [1.165, 1.54) is 5.57 Å². The molecule has 3 aliphatic rings. The van der Waals surface area contributed by atoms with E-state index in [-0.39, 0.29) is 30.8 Å². The Bertz CT molecular complexity index is 1130. The number of carbonyl (C=O) groups excluding carboxylic acids is 1. The molecule has 2 fully saturated rings. The number of rotatable bonds is 8. The zero-order valence-corrected chi connectivity index (χ0v) is 20.1. The van der Waals surface area contributed by atoms with Crippen molar-refractivity contribution < 1.29 is 19.0 Å². The van der Waals surface area contributed by atoms with Crippen LogP contribution in [0.4, 0.5) is 10.2 Å².